The number of hydrogen-bond donors (Lipinski definition) is 3. The van der Waals surface area contributed by atoms with Crippen LogP contribution in [0, 0.1) is 4.77 Å². The van der Waals surface area contributed by atoms with E-state index < -0.39 is 0 Å². The number of aromatic amines is 2. The molecule has 0 amide bonds. The number of rotatable bonds is 2. The highest BCUT2D eigenvalue weighted by atomic mass is 32.1. The fraction of sp³-hybridized carbons (Fsp3) is 0.125. The van der Waals surface area contributed by atoms with Gasteiger partial charge in [-0.2, -0.15) is 0 Å². The van der Waals surface area contributed by atoms with E-state index in [4.69, 9.17) is 18.0 Å². The molecule has 0 radical (unpaired) electrons. The van der Waals surface area contributed by atoms with Gasteiger partial charge in [0.2, 0.25) is 0 Å². The number of nitrogens with zero attached hydrogens (tertiary/aromatic N) is 2. The third-order valence-electron chi connectivity index (χ3n) is 1.97. The molecule has 0 bridgehead atoms. The lowest BCUT2D eigenvalue weighted by molar-refractivity contribution is 0.781. The minimum atomic E-state index is -0.273. The minimum absolute atomic E-state index is 0.229. The second-order valence-electron chi connectivity index (χ2n) is 3.04. The summed E-state index contributed by atoms with van der Waals surface area (Å²) in [5.41, 5.74) is 5.84. The molecule has 0 unspecified atom stereocenters. The number of hydrogen-bond acceptors (Lipinski definition) is 4. The number of nitrogens with two attached hydrogens (primary N) is 1. The van der Waals surface area contributed by atoms with Gasteiger partial charge >= 0.3 is 0 Å². The largest absolute Gasteiger partial charge is 0.385 e. The molecule has 2 heterocycles. The van der Waals surface area contributed by atoms with E-state index >= 15 is 0 Å². The zero-order valence-corrected chi connectivity index (χ0v) is 8.54. The summed E-state index contributed by atoms with van der Waals surface area (Å²) in [7, 11) is 0. The number of anilines is 1. The molecule has 0 atom stereocenters. The Kier molecular flexibility index (Phi) is 2.38. The summed E-state index contributed by atoms with van der Waals surface area (Å²) in [6.45, 7) is 0.368. The lowest BCUT2D eigenvalue weighted by Gasteiger charge is -2.04. The quantitative estimate of drug-likeness (QED) is 0.637. The van der Waals surface area contributed by atoms with Crippen LogP contribution in [0.3, 0.4) is 0 Å². The van der Waals surface area contributed by atoms with E-state index in [0.29, 0.717) is 12.1 Å². The zero-order chi connectivity index (χ0) is 10.8. The average molecular weight is 223 g/mol. The van der Waals surface area contributed by atoms with Crippen LogP contribution >= 0.6 is 12.2 Å². The molecule has 0 aromatic carbocycles. The standard InChI is InChI=1S/C8H9N5OS/c9-6-5(3-13-2-1-10-4-13)7(14)12-8(15)11-6/h1-2,4H,3H2,(H4,9,11,12,14,15). The first-order chi connectivity index (χ1) is 7.16. The van der Waals surface area contributed by atoms with Gasteiger partial charge in [-0.3, -0.25) is 9.78 Å². The summed E-state index contributed by atoms with van der Waals surface area (Å²) >= 11 is 4.78. The van der Waals surface area contributed by atoms with E-state index in [1.807, 2.05) is 0 Å². The van der Waals surface area contributed by atoms with E-state index in [1.54, 1.807) is 23.3 Å². The fourth-order valence-corrected chi connectivity index (χ4v) is 1.45. The van der Waals surface area contributed by atoms with E-state index in [9.17, 15) is 4.79 Å². The maximum Gasteiger partial charge on any atom is 0.258 e. The first-order valence-electron chi connectivity index (χ1n) is 4.23. The van der Waals surface area contributed by atoms with Crippen molar-refractivity contribution in [2.24, 2.45) is 0 Å². The van der Waals surface area contributed by atoms with Gasteiger partial charge in [-0.25, -0.2) is 4.98 Å². The maximum absolute atomic E-state index is 11.5. The molecule has 0 saturated heterocycles. The van der Waals surface area contributed by atoms with Gasteiger partial charge in [0.15, 0.2) is 4.77 Å². The summed E-state index contributed by atoms with van der Waals surface area (Å²) in [5.74, 6) is 0.289. The van der Waals surface area contributed by atoms with Gasteiger partial charge in [0.1, 0.15) is 5.82 Å². The van der Waals surface area contributed by atoms with Crippen LogP contribution in [0.5, 0.6) is 0 Å². The van der Waals surface area contributed by atoms with Crippen molar-refractivity contribution in [3.63, 3.8) is 0 Å². The van der Waals surface area contributed by atoms with Crippen LogP contribution in [0.1, 0.15) is 5.56 Å². The van der Waals surface area contributed by atoms with Crippen molar-refractivity contribution in [3.05, 3.63) is 39.4 Å². The van der Waals surface area contributed by atoms with Gasteiger partial charge in [-0.15, -0.1) is 0 Å². The molecule has 0 saturated carbocycles. The van der Waals surface area contributed by atoms with Crippen molar-refractivity contribution in [2.45, 2.75) is 6.54 Å². The van der Waals surface area contributed by atoms with Crippen LogP contribution in [0.4, 0.5) is 5.82 Å². The highest BCUT2D eigenvalue weighted by molar-refractivity contribution is 7.71. The Morgan fingerprint density at radius 3 is 2.93 bits per heavy atom. The third kappa shape index (κ3) is 1.96. The van der Waals surface area contributed by atoms with Crippen molar-refractivity contribution >= 4 is 18.0 Å². The highest BCUT2D eigenvalue weighted by Crippen LogP contribution is 2.03. The monoisotopic (exact) mass is 223 g/mol. The van der Waals surface area contributed by atoms with Gasteiger partial charge in [0.05, 0.1) is 18.4 Å². The van der Waals surface area contributed by atoms with Crippen LogP contribution in [0.15, 0.2) is 23.5 Å². The number of nitrogens with one attached hydrogen (secondary N) is 2. The molecule has 2 aromatic rings. The zero-order valence-electron chi connectivity index (χ0n) is 7.73. The van der Waals surface area contributed by atoms with E-state index in [0.717, 1.165) is 0 Å². The molecule has 0 aliphatic carbocycles. The molecule has 0 fully saturated rings. The van der Waals surface area contributed by atoms with Crippen molar-refractivity contribution < 1.29 is 0 Å². The molecule has 4 N–H and O–H groups in total. The first kappa shape index (κ1) is 9.66. The Balaban J connectivity index is 2.45. The molecule has 0 aliphatic rings. The number of H-pyrrole nitrogens is 2. The maximum atomic E-state index is 11.5. The fourth-order valence-electron chi connectivity index (χ4n) is 1.25. The molecular weight excluding hydrogens is 214 g/mol. The van der Waals surface area contributed by atoms with Crippen molar-refractivity contribution in [2.75, 3.05) is 5.73 Å². The summed E-state index contributed by atoms with van der Waals surface area (Å²) < 4.78 is 1.98. The van der Waals surface area contributed by atoms with E-state index in [-0.39, 0.29) is 16.1 Å². The predicted molar refractivity (Wildman–Crippen MR) is 58.0 cm³/mol. The third-order valence-corrected chi connectivity index (χ3v) is 2.18. The van der Waals surface area contributed by atoms with Crippen molar-refractivity contribution in [3.8, 4) is 0 Å². The SMILES string of the molecule is Nc1[nH]c(=S)[nH]c(=O)c1Cn1ccnc1. The minimum Gasteiger partial charge on any atom is -0.385 e. The van der Waals surface area contributed by atoms with Crippen molar-refractivity contribution in [1.82, 2.24) is 19.5 Å². The van der Waals surface area contributed by atoms with Crippen LogP contribution in [0.2, 0.25) is 0 Å². The molecule has 0 spiro atoms. The van der Waals surface area contributed by atoms with Gasteiger partial charge in [0.25, 0.3) is 5.56 Å². The van der Waals surface area contributed by atoms with Gasteiger partial charge in [-0.05, 0) is 12.2 Å². The Morgan fingerprint density at radius 2 is 2.33 bits per heavy atom. The Bertz CT molecular complexity index is 567. The van der Waals surface area contributed by atoms with Crippen molar-refractivity contribution in [1.29, 1.82) is 0 Å². The molecular formula is C8H9N5OS. The lowest BCUT2D eigenvalue weighted by Crippen LogP contribution is -2.19. The van der Waals surface area contributed by atoms with Gasteiger partial charge < -0.3 is 15.3 Å². The van der Waals surface area contributed by atoms with E-state index in [1.165, 1.54) is 0 Å². The van der Waals surface area contributed by atoms with Gasteiger partial charge in [-0.1, -0.05) is 0 Å². The molecule has 0 aliphatic heterocycles. The molecule has 2 rings (SSSR count). The second kappa shape index (κ2) is 3.70. The molecule has 78 valence electrons. The van der Waals surface area contributed by atoms with Crippen LogP contribution in [0.25, 0.3) is 0 Å². The Hall–Kier alpha value is -1.89. The summed E-state index contributed by atoms with van der Waals surface area (Å²) in [4.78, 5) is 20.6. The lowest BCUT2D eigenvalue weighted by atomic mass is 10.3. The molecule has 2 aromatic heterocycles. The highest BCUT2D eigenvalue weighted by Gasteiger charge is 2.05. The summed E-state index contributed by atoms with van der Waals surface area (Å²) in [6.07, 6.45) is 5.00. The Labute approximate surface area is 89.8 Å². The smallest absolute Gasteiger partial charge is 0.258 e. The number of imidazole rings is 1. The number of aromatic nitrogens is 4. The van der Waals surface area contributed by atoms with Crippen LogP contribution in [-0.4, -0.2) is 19.5 Å². The van der Waals surface area contributed by atoms with Crippen LogP contribution in [-0.2, 0) is 6.54 Å². The molecule has 6 nitrogen and oxygen atoms in total. The first-order valence-corrected chi connectivity index (χ1v) is 4.64. The van der Waals surface area contributed by atoms with Crippen LogP contribution < -0.4 is 11.3 Å². The second-order valence-corrected chi connectivity index (χ2v) is 3.44. The molecule has 15 heavy (non-hydrogen) atoms. The normalized spacial score (nSPS) is 10.4. The van der Waals surface area contributed by atoms with Gasteiger partial charge in [0, 0.05) is 12.4 Å². The Morgan fingerprint density at radius 1 is 1.53 bits per heavy atom. The number of nitrogen functional groups attached to an aromatic ring is 1. The summed E-state index contributed by atoms with van der Waals surface area (Å²) in [5, 5.41) is 0. The van der Waals surface area contributed by atoms with E-state index in [2.05, 4.69) is 15.0 Å². The molecule has 7 heteroatoms. The summed E-state index contributed by atoms with van der Waals surface area (Å²) in [6, 6.07) is 0. The topological polar surface area (TPSA) is 92.5 Å². The average Bonchev–Trinajstić information content (AvgIpc) is 2.63. The predicted octanol–water partition coefficient (Wildman–Crippen LogP) is 0.259.